The van der Waals surface area contributed by atoms with Crippen molar-refractivity contribution in [3.63, 3.8) is 0 Å². The largest absolute Gasteiger partial charge is 0.462 e. The molecule has 0 aliphatic rings. The van der Waals surface area contributed by atoms with E-state index < -0.39 is 5.97 Å². The average molecular weight is 375 g/mol. The maximum atomic E-state index is 12.1. The summed E-state index contributed by atoms with van der Waals surface area (Å²) in [5.74, 6) is -0.599. The molecule has 8 heteroatoms. The molecular formula is C18H21N3O4S. The maximum absolute atomic E-state index is 12.1. The van der Waals surface area contributed by atoms with Crippen molar-refractivity contribution >= 4 is 29.3 Å². The summed E-state index contributed by atoms with van der Waals surface area (Å²) in [7, 11) is 0. The van der Waals surface area contributed by atoms with Crippen LogP contribution in [0.5, 0.6) is 0 Å². The molecule has 2 rings (SSSR count). The fourth-order valence-corrected chi connectivity index (χ4v) is 2.79. The number of benzene rings is 1. The van der Waals surface area contributed by atoms with Crippen molar-refractivity contribution in [1.29, 1.82) is 0 Å². The number of rotatable bonds is 8. The Morgan fingerprint density at radius 1 is 1.31 bits per heavy atom. The molecule has 1 amide bonds. The molecule has 2 N–H and O–H groups in total. The summed E-state index contributed by atoms with van der Waals surface area (Å²) >= 11 is 1.13. The van der Waals surface area contributed by atoms with Crippen LogP contribution in [0.15, 0.2) is 40.3 Å². The predicted octanol–water partition coefficient (Wildman–Crippen LogP) is 2.77. The molecule has 26 heavy (non-hydrogen) atoms. The number of aromatic amines is 1. The lowest BCUT2D eigenvalue weighted by atomic mass is 10.2. The van der Waals surface area contributed by atoms with Crippen LogP contribution in [0.3, 0.4) is 0 Å². The van der Waals surface area contributed by atoms with Gasteiger partial charge in [-0.05, 0) is 31.5 Å². The van der Waals surface area contributed by atoms with Gasteiger partial charge >= 0.3 is 5.97 Å². The summed E-state index contributed by atoms with van der Waals surface area (Å²) in [6, 6.07) is 7.97. The second kappa shape index (κ2) is 9.76. The zero-order valence-corrected chi connectivity index (χ0v) is 15.5. The van der Waals surface area contributed by atoms with Crippen molar-refractivity contribution in [3.05, 3.63) is 51.9 Å². The molecule has 0 aliphatic carbocycles. The predicted molar refractivity (Wildman–Crippen MR) is 101 cm³/mol. The van der Waals surface area contributed by atoms with E-state index in [1.54, 1.807) is 31.2 Å². The van der Waals surface area contributed by atoms with Crippen LogP contribution in [0.2, 0.25) is 0 Å². The van der Waals surface area contributed by atoms with Crippen LogP contribution >= 0.6 is 11.8 Å². The van der Waals surface area contributed by atoms with Gasteiger partial charge in [-0.25, -0.2) is 9.78 Å². The van der Waals surface area contributed by atoms with Gasteiger partial charge in [0.15, 0.2) is 5.16 Å². The van der Waals surface area contributed by atoms with Crippen molar-refractivity contribution in [2.24, 2.45) is 0 Å². The smallest absolute Gasteiger partial charge is 0.338 e. The Kier molecular flexibility index (Phi) is 7.40. The van der Waals surface area contributed by atoms with E-state index in [1.165, 1.54) is 6.07 Å². The van der Waals surface area contributed by atoms with E-state index in [2.05, 4.69) is 15.3 Å². The van der Waals surface area contributed by atoms with Gasteiger partial charge < -0.3 is 15.0 Å². The third kappa shape index (κ3) is 6.36. The Morgan fingerprint density at radius 3 is 2.85 bits per heavy atom. The molecule has 1 aromatic carbocycles. The molecule has 0 unspecified atom stereocenters. The number of anilines is 1. The minimum Gasteiger partial charge on any atom is -0.462 e. The zero-order valence-electron chi connectivity index (χ0n) is 14.7. The Labute approximate surface area is 155 Å². The van der Waals surface area contributed by atoms with Crippen LogP contribution in [0.4, 0.5) is 5.69 Å². The molecule has 0 spiro atoms. The van der Waals surface area contributed by atoms with Gasteiger partial charge in [0.05, 0.1) is 17.9 Å². The first-order chi connectivity index (χ1) is 12.5. The number of H-pyrrole nitrogens is 1. The van der Waals surface area contributed by atoms with Gasteiger partial charge in [-0.1, -0.05) is 31.2 Å². The fourth-order valence-electron chi connectivity index (χ4n) is 2.07. The number of hydrogen-bond donors (Lipinski definition) is 2. The number of esters is 1. The van der Waals surface area contributed by atoms with Gasteiger partial charge in [0, 0.05) is 17.4 Å². The highest BCUT2D eigenvalue weighted by Gasteiger charge is 2.10. The number of amides is 1. The van der Waals surface area contributed by atoms with Crippen LogP contribution in [0.25, 0.3) is 0 Å². The van der Waals surface area contributed by atoms with Crippen LogP contribution < -0.4 is 10.9 Å². The van der Waals surface area contributed by atoms with E-state index in [9.17, 15) is 14.4 Å². The fraction of sp³-hybridized carbons (Fsp3) is 0.333. The quantitative estimate of drug-likeness (QED) is 0.318. The third-order valence-electron chi connectivity index (χ3n) is 3.30. The number of ether oxygens (including phenoxy) is 1. The summed E-state index contributed by atoms with van der Waals surface area (Å²) in [5, 5.41) is 3.10. The number of thioether (sulfide) groups is 1. The molecule has 2 aromatic rings. The lowest BCUT2D eigenvalue weighted by molar-refractivity contribution is -0.113. The minimum atomic E-state index is -0.412. The van der Waals surface area contributed by atoms with Gasteiger partial charge in [-0.2, -0.15) is 0 Å². The highest BCUT2D eigenvalue weighted by molar-refractivity contribution is 7.99. The van der Waals surface area contributed by atoms with Gasteiger partial charge in [-0.3, -0.25) is 9.59 Å². The number of aromatic nitrogens is 2. The number of nitrogens with zero attached hydrogens (tertiary/aromatic N) is 1. The highest BCUT2D eigenvalue weighted by atomic mass is 32.2. The first-order valence-corrected chi connectivity index (χ1v) is 9.24. The second-order valence-corrected chi connectivity index (χ2v) is 6.56. The van der Waals surface area contributed by atoms with E-state index >= 15 is 0 Å². The molecule has 1 heterocycles. The van der Waals surface area contributed by atoms with Gasteiger partial charge in [0.1, 0.15) is 0 Å². The number of carbonyl (C=O) groups is 2. The molecule has 7 nitrogen and oxygen atoms in total. The van der Waals surface area contributed by atoms with Crippen molar-refractivity contribution < 1.29 is 14.3 Å². The summed E-state index contributed by atoms with van der Waals surface area (Å²) in [4.78, 5) is 42.1. The molecule has 0 saturated heterocycles. The van der Waals surface area contributed by atoms with Gasteiger partial charge in [0.2, 0.25) is 5.91 Å². The van der Waals surface area contributed by atoms with E-state index in [1.807, 2.05) is 6.92 Å². The number of aryl methyl sites for hydroxylation is 1. The highest BCUT2D eigenvalue weighted by Crippen LogP contribution is 2.15. The van der Waals surface area contributed by atoms with Gasteiger partial charge in [0.25, 0.3) is 5.56 Å². The molecule has 0 atom stereocenters. The first-order valence-electron chi connectivity index (χ1n) is 8.25. The lowest BCUT2D eigenvalue weighted by Crippen LogP contribution is -2.16. The third-order valence-corrected chi connectivity index (χ3v) is 4.17. The molecule has 1 aromatic heterocycles. The van der Waals surface area contributed by atoms with Crippen molar-refractivity contribution in [2.75, 3.05) is 17.7 Å². The first kappa shape index (κ1) is 19.7. The minimum absolute atomic E-state index is 0.0809. The molecular weight excluding hydrogens is 354 g/mol. The van der Waals surface area contributed by atoms with Crippen molar-refractivity contribution in [1.82, 2.24) is 9.97 Å². The van der Waals surface area contributed by atoms with E-state index in [4.69, 9.17) is 4.74 Å². The second-order valence-electron chi connectivity index (χ2n) is 5.60. The standard InChI is InChI=1S/C18H21N3O4S/c1-3-4-8-25-17(24)13-6-5-7-14(10-13)20-16(23)11-26-18-19-12(2)9-15(22)21-18/h5-7,9-10H,3-4,8,11H2,1-2H3,(H,20,23)(H,19,21,22). The van der Waals surface area contributed by atoms with E-state index in [0.717, 1.165) is 24.6 Å². The molecule has 0 fully saturated rings. The lowest BCUT2D eigenvalue weighted by Gasteiger charge is -2.08. The van der Waals surface area contributed by atoms with E-state index in [0.29, 0.717) is 28.7 Å². The van der Waals surface area contributed by atoms with Crippen LogP contribution in [-0.4, -0.2) is 34.2 Å². The van der Waals surface area contributed by atoms with E-state index in [-0.39, 0.29) is 17.2 Å². The molecule has 138 valence electrons. The average Bonchev–Trinajstić information content (AvgIpc) is 2.59. The van der Waals surface area contributed by atoms with Crippen LogP contribution in [0.1, 0.15) is 35.8 Å². The van der Waals surface area contributed by atoms with Crippen LogP contribution in [-0.2, 0) is 9.53 Å². The Morgan fingerprint density at radius 2 is 2.12 bits per heavy atom. The molecule has 0 aliphatic heterocycles. The number of unbranched alkanes of at least 4 members (excludes halogenated alkanes) is 1. The van der Waals surface area contributed by atoms with Crippen LogP contribution in [0, 0.1) is 6.92 Å². The Balaban J connectivity index is 1.91. The zero-order chi connectivity index (χ0) is 18.9. The summed E-state index contributed by atoms with van der Waals surface area (Å²) in [6.45, 7) is 4.11. The van der Waals surface area contributed by atoms with Gasteiger partial charge in [-0.15, -0.1) is 0 Å². The SMILES string of the molecule is CCCCOC(=O)c1cccc(NC(=O)CSc2nc(C)cc(=O)[nH]2)c1. The monoisotopic (exact) mass is 375 g/mol. The summed E-state index contributed by atoms with van der Waals surface area (Å²) in [5.41, 5.74) is 1.23. The van der Waals surface area contributed by atoms with Crippen molar-refractivity contribution in [3.8, 4) is 0 Å². The van der Waals surface area contributed by atoms with Crippen molar-refractivity contribution in [2.45, 2.75) is 31.8 Å². The topological polar surface area (TPSA) is 101 Å². The Bertz CT molecular complexity index is 835. The number of carbonyl (C=O) groups excluding carboxylic acids is 2. The molecule has 0 radical (unpaired) electrons. The molecule has 0 bridgehead atoms. The Hall–Kier alpha value is -2.61. The number of hydrogen-bond acceptors (Lipinski definition) is 6. The summed E-state index contributed by atoms with van der Waals surface area (Å²) in [6.07, 6.45) is 1.76. The maximum Gasteiger partial charge on any atom is 0.338 e. The number of nitrogens with one attached hydrogen (secondary N) is 2. The summed E-state index contributed by atoms with van der Waals surface area (Å²) < 4.78 is 5.16. The normalized spacial score (nSPS) is 10.4. The molecule has 0 saturated carbocycles.